The first-order chi connectivity index (χ1) is 20.7. The lowest BCUT2D eigenvalue weighted by molar-refractivity contribution is -0.132. The fraction of sp³-hybridized carbons (Fsp3) is 0.212. The molecule has 0 saturated carbocycles. The van der Waals surface area contributed by atoms with Gasteiger partial charge in [-0.2, -0.15) is 0 Å². The number of ether oxygens (including phenoxy) is 3. The molecule has 6 rings (SSSR count). The van der Waals surface area contributed by atoms with E-state index in [1.807, 2.05) is 37.3 Å². The molecule has 2 aliphatic rings. The number of Topliss-reactive ketones (excluding diaryl/α,β-unsaturated/α-hetero) is 1. The zero-order chi connectivity index (χ0) is 30.2. The summed E-state index contributed by atoms with van der Waals surface area (Å²) in [7, 11) is 1.26. The molecule has 2 aliphatic heterocycles. The lowest BCUT2D eigenvalue weighted by Crippen LogP contribution is -2.29. The first-order valence-electron chi connectivity index (χ1n) is 13.7. The van der Waals surface area contributed by atoms with Crippen LogP contribution in [0.25, 0.3) is 5.76 Å². The van der Waals surface area contributed by atoms with Gasteiger partial charge in [0, 0.05) is 12.0 Å². The van der Waals surface area contributed by atoms with Gasteiger partial charge in [0.25, 0.3) is 5.78 Å². The number of hydrogen-bond donors (Lipinski definition) is 1. The van der Waals surface area contributed by atoms with Crippen LogP contribution >= 0.6 is 11.3 Å². The molecule has 0 aliphatic carbocycles. The van der Waals surface area contributed by atoms with E-state index in [2.05, 4.69) is 4.98 Å². The number of ketones is 1. The van der Waals surface area contributed by atoms with Crippen molar-refractivity contribution in [2.24, 2.45) is 0 Å². The molecule has 3 aromatic carbocycles. The van der Waals surface area contributed by atoms with Crippen molar-refractivity contribution >= 4 is 39.9 Å². The second-order valence-electron chi connectivity index (χ2n) is 10.4. The van der Waals surface area contributed by atoms with Gasteiger partial charge in [0.15, 0.2) is 5.13 Å². The van der Waals surface area contributed by atoms with Gasteiger partial charge in [0.05, 0.1) is 24.4 Å². The van der Waals surface area contributed by atoms with Crippen molar-refractivity contribution in [1.29, 1.82) is 0 Å². The minimum atomic E-state index is -1.04. The molecule has 1 N–H and O–H groups in total. The third-order valence-electron chi connectivity index (χ3n) is 7.40. The summed E-state index contributed by atoms with van der Waals surface area (Å²) in [6.45, 7) is 3.90. The highest BCUT2D eigenvalue weighted by molar-refractivity contribution is 7.17. The zero-order valence-electron chi connectivity index (χ0n) is 23.7. The molecule has 1 aromatic heterocycles. The number of benzene rings is 3. The number of hydrogen-bond acceptors (Lipinski definition) is 9. The Morgan fingerprint density at radius 2 is 1.88 bits per heavy atom. The van der Waals surface area contributed by atoms with Crippen LogP contribution in [-0.2, 0) is 27.4 Å². The van der Waals surface area contributed by atoms with Crippen molar-refractivity contribution in [1.82, 2.24) is 4.98 Å². The van der Waals surface area contributed by atoms with Crippen LogP contribution in [0.3, 0.4) is 0 Å². The molecule has 1 fully saturated rings. The van der Waals surface area contributed by atoms with Crippen LogP contribution < -0.4 is 14.4 Å². The average molecular weight is 597 g/mol. The number of rotatable bonds is 7. The van der Waals surface area contributed by atoms with Crippen LogP contribution in [0.1, 0.15) is 50.6 Å². The maximum absolute atomic E-state index is 13.7. The molecule has 0 radical (unpaired) electrons. The second kappa shape index (κ2) is 11.4. The van der Waals surface area contributed by atoms with Crippen LogP contribution in [-0.4, -0.2) is 41.0 Å². The molecule has 0 spiro atoms. The Balaban J connectivity index is 1.46. The molecule has 2 atom stereocenters. The van der Waals surface area contributed by atoms with Gasteiger partial charge in [-0.05, 0) is 60.9 Å². The lowest BCUT2D eigenvalue weighted by atomic mass is 9.94. The minimum Gasteiger partial charge on any atom is -0.507 e. The van der Waals surface area contributed by atoms with Crippen molar-refractivity contribution in [2.45, 2.75) is 39.0 Å². The number of thiazole rings is 1. The standard InChI is InChI=1S/C33H28N2O7S/c1-18-14-23-15-22(12-13-25(23)42-18)28(36)26-27(21-10-7-11-24(16-21)41-17-20-8-5-4-6-9-20)35(31(38)29(26)37)33-34-19(2)30(43-33)32(39)40-3/h4-13,15-16,18,27,36H,14,17H2,1-3H3/b28-26+/t18-,27-/m1/s1. The summed E-state index contributed by atoms with van der Waals surface area (Å²) in [4.78, 5) is 45.6. The number of carbonyl (C=O) groups is 3. The third-order valence-corrected chi connectivity index (χ3v) is 8.53. The number of carbonyl (C=O) groups excluding carboxylic acids is 3. The van der Waals surface area contributed by atoms with E-state index >= 15 is 0 Å². The predicted molar refractivity (Wildman–Crippen MR) is 160 cm³/mol. The summed E-state index contributed by atoms with van der Waals surface area (Å²) in [5.74, 6) is -1.41. The number of aliphatic hydroxyl groups is 1. The van der Waals surface area contributed by atoms with E-state index in [0.717, 1.165) is 28.2 Å². The second-order valence-corrected chi connectivity index (χ2v) is 11.4. The average Bonchev–Trinajstić information content (AvgIpc) is 3.67. The molecular formula is C33H28N2O7S. The summed E-state index contributed by atoms with van der Waals surface area (Å²) >= 11 is 0.947. The summed E-state index contributed by atoms with van der Waals surface area (Å²) in [6.07, 6.45) is 0.651. The SMILES string of the molecule is COC(=O)c1sc(N2C(=O)C(=O)/C(=C(/O)c3ccc4c(c3)C[C@@H](C)O4)[C@H]2c2cccc(OCc3ccccc3)c2)nc1C. The van der Waals surface area contributed by atoms with E-state index in [0.29, 0.717) is 35.6 Å². The molecule has 4 aromatic rings. The number of methoxy groups -OCH3 is 1. The van der Waals surface area contributed by atoms with Crippen LogP contribution in [0.15, 0.2) is 78.4 Å². The Morgan fingerprint density at radius 3 is 2.65 bits per heavy atom. The first-order valence-corrected chi connectivity index (χ1v) is 14.5. The third kappa shape index (κ3) is 5.25. The number of aliphatic hydroxyl groups excluding tert-OH is 1. The number of fused-ring (bicyclic) bond motifs is 1. The van der Waals surface area contributed by atoms with Gasteiger partial charge in [0.2, 0.25) is 0 Å². The van der Waals surface area contributed by atoms with E-state index < -0.39 is 23.7 Å². The van der Waals surface area contributed by atoms with Gasteiger partial charge in [0.1, 0.15) is 34.8 Å². The number of nitrogens with zero attached hydrogens (tertiary/aromatic N) is 2. The highest BCUT2D eigenvalue weighted by Gasteiger charge is 2.48. The maximum atomic E-state index is 13.7. The molecule has 0 unspecified atom stereocenters. The molecule has 43 heavy (non-hydrogen) atoms. The van der Waals surface area contributed by atoms with Crippen molar-refractivity contribution in [3.8, 4) is 11.5 Å². The highest BCUT2D eigenvalue weighted by Crippen LogP contribution is 2.45. The summed E-state index contributed by atoms with van der Waals surface area (Å²) in [5.41, 5.74) is 3.06. The Hall–Kier alpha value is -4.96. The van der Waals surface area contributed by atoms with Crippen molar-refractivity contribution in [2.75, 3.05) is 12.0 Å². The number of aromatic nitrogens is 1. The van der Waals surface area contributed by atoms with E-state index in [-0.39, 0.29) is 27.4 Å². The van der Waals surface area contributed by atoms with Gasteiger partial charge in [-0.25, -0.2) is 9.78 Å². The van der Waals surface area contributed by atoms with E-state index in [9.17, 15) is 19.5 Å². The van der Waals surface area contributed by atoms with Gasteiger partial charge in [-0.15, -0.1) is 0 Å². The fourth-order valence-electron chi connectivity index (χ4n) is 5.35. The maximum Gasteiger partial charge on any atom is 0.350 e. The van der Waals surface area contributed by atoms with Crippen LogP contribution in [0.4, 0.5) is 5.13 Å². The first kappa shape index (κ1) is 28.2. The lowest BCUT2D eigenvalue weighted by Gasteiger charge is -2.23. The Labute approximate surface area is 252 Å². The fourth-order valence-corrected chi connectivity index (χ4v) is 6.36. The number of aryl methyl sites for hydroxylation is 1. The summed E-state index contributed by atoms with van der Waals surface area (Å²) in [5, 5.41) is 11.8. The smallest absolute Gasteiger partial charge is 0.350 e. The van der Waals surface area contributed by atoms with E-state index in [1.54, 1.807) is 49.4 Å². The zero-order valence-corrected chi connectivity index (χ0v) is 24.5. The van der Waals surface area contributed by atoms with Crippen molar-refractivity contribution in [3.05, 3.63) is 111 Å². The molecule has 10 heteroatoms. The minimum absolute atomic E-state index is 0.00579. The molecule has 0 bridgehead atoms. The largest absolute Gasteiger partial charge is 0.507 e. The topological polar surface area (TPSA) is 115 Å². The van der Waals surface area contributed by atoms with E-state index in [1.165, 1.54) is 12.0 Å². The van der Waals surface area contributed by atoms with Gasteiger partial charge in [-0.1, -0.05) is 53.8 Å². The van der Waals surface area contributed by atoms with Gasteiger partial charge in [-0.3, -0.25) is 14.5 Å². The number of amides is 1. The van der Waals surface area contributed by atoms with Crippen LogP contribution in [0.2, 0.25) is 0 Å². The molecule has 218 valence electrons. The Kier molecular flexibility index (Phi) is 7.45. The molecular weight excluding hydrogens is 568 g/mol. The summed E-state index contributed by atoms with van der Waals surface area (Å²) in [6, 6.07) is 20.9. The molecule has 1 saturated heterocycles. The number of esters is 1. The van der Waals surface area contributed by atoms with Crippen LogP contribution in [0, 0.1) is 6.92 Å². The summed E-state index contributed by atoms with van der Waals surface area (Å²) < 4.78 is 16.7. The normalized spacial score (nSPS) is 18.8. The number of anilines is 1. The Bertz CT molecular complexity index is 1780. The monoisotopic (exact) mass is 596 g/mol. The van der Waals surface area contributed by atoms with Crippen molar-refractivity contribution in [3.63, 3.8) is 0 Å². The molecule has 3 heterocycles. The van der Waals surface area contributed by atoms with Gasteiger partial charge < -0.3 is 19.3 Å². The van der Waals surface area contributed by atoms with Gasteiger partial charge >= 0.3 is 11.9 Å². The molecule has 9 nitrogen and oxygen atoms in total. The van der Waals surface area contributed by atoms with Crippen molar-refractivity contribution < 1.29 is 33.7 Å². The predicted octanol–water partition coefficient (Wildman–Crippen LogP) is 5.77. The highest BCUT2D eigenvalue weighted by atomic mass is 32.1. The van der Waals surface area contributed by atoms with E-state index in [4.69, 9.17) is 14.2 Å². The van der Waals surface area contributed by atoms with Crippen LogP contribution in [0.5, 0.6) is 11.5 Å². The molecule has 1 amide bonds. The quantitative estimate of drug-likeness (QED) is 0.124. The Morgan fingerprint density at radius 1 is 1.09 bits per heavy atom.